The average Bonchev–Trinajstić information content (AvgIpc) is 3.57. The second-order valence-electron chi connectivity index (χ2n) is 8.37. The maximum Gasteiger partial charge on any atom is 0.239 e. The summed E-state index contributed by atoms with van der Waals surface area (Å²) in [7, 11) is -2.24. The number of nitrogens with two attached hydrogens (primary N) is 1. The quantitative estimate of drug-likeness (QED) is 0.393. The van der Waals surface area contributed by atoms with Gasteiger partial charge < -0.3 is 14.7 Å². The van der Waals surface area contributed by atoms with E-state index in [1.165, 1.54) is 24.6 Å². The second kappa shape index (κ2) is 8.51. The molecule has 4 heterocycles. The Kier molecular flexibility index (Phi) is 5.73. The monoisotopic (exact) mass is 531 g/mol. The molecule has 0 radical (unpaired) electrons. The van der Waals surface area contributed by atoms with Crippen molar-refractivity contribution in [2.75, 3.05) is 12.8 Å². The van der Waals surface area contributed by atoms with Gasteiger partial charge >= 0.3 is 0 Å². The fourth-order valence-electron chi connectivity index (χ4n) is 3.98. The van der Waals surface area contributed by atoms with Gasteiger partial charge in [0.2, 0.25) is 21.9 Å². The van der Waals surface area contributed by atoms with E-state index >= 15 is 0 Å². The number of aromatic nitrogens is 2. The number of thiophene rings is 1. The number of halogens is 1. The van der Waals surface area contributed by atoms with Crippen LogP contribution in [0.2, 0.25) is 5.02 Å². The van der Waals surface area contributed by atoms with Crippen LogP contribution in [-0.4, -0.2) is 41.6 Å². The van der Waals surface area contributed by atoms with Crippen LogP contribution in [-0.2, 0) is 22.0 Å². The molecule has 4 aromatic rings. The van der Waals surface area contributed by atoms with E-state index in [0.29, 0.717) is 32.8 Å². The van der Waals surface area contributed by atoms with E-state index in [4.69, 9.17) is 31.3 Å². The minimum Gasteiger partial charge on any atom is -0.435 e. The summed E-state index contributed by atoms with van der Waals surface area (Å²) < 4.78 is 37.3. The van der Waals surface area contributed by atoms with Gasteiger partial charge in [0.1, 0.15) is 17.5 Å². The number of hydrogen-bond acceptors (Lipinski definition) is 9. The molecule has 1 atom stereocenters. The maximum atomic E-state index is 12.6. The van der Waals surface area contributed by atoms with Gasteiger partial charge in [-0.15, -0.1) is 11.3 Å². The third-order valence-corrected chi connectivity index (χ3v) is 9.60. The summed E-state index contributed by atoms with van der Waals surface area (Å²) in [6.45, 7) is 3.71. The fraction of sp³-hybridized carbons (Fsp3) is 0.261. The van der Waals surface area contributed by atoms with Crippen molar-refractivity contribution in [2.24, 2.45) is 10.7 Å². The first kappa shape index (κ1) is 23.6. The first-order chi connectivity index (χ1) is 16.6. The van der Waals surface area contributed by atoms with Crippen LogP contribution < -0.4 is 5.73 Å². The van der Waals surface area contributed by atoms with Crippen LogP contribution in [0.5, 0.6) is 0 Å². The number of rotatable bonds is 5. The zero-order valence-corrected chi connectivity index (χ0v) is 21.5. The lowest BCUT2D eigenvalue weighted by Gasteiger charge is -2.33. The topological polar surface area (TPSA) is 128 Å². The van der Waals surface area contributed by atoms with Crippen molar-refractivity contribution in [1.82, 2.24) is 14.4 Å². The molecule has 1 aliphatic rings. The Labute approximate surface area is 211 Å². The Morgan fingerprint density at radius 3 is 2.57 bits per heavy atom. The predicted molar refractivity (Wildman–Crippen MR) is 136 cm³/mol. The summed E-state index contributed by atoms with van der Waals surface area (Å²) in [5.74, 6) is 0.749. The number of oxazole rings is 1. The molecule has 0 aliphatic carbocycles. The highest BCUT2D eigenvalue weighted by molar-refractivity contribution is 7.89. The number of nitrogens with zero attached hydrogens (tertiary/aromatic N) is 4. The van der Waals surface area contributed by atoms with Gasteiger partial charge in [-0.25, -0.2) is 22.7 Å². The standard InChI is InChI=1S/C23H22ClN5O4S2/c1-4-16-19(14-7-5-13(6-8-14)17-9-10-32-28-17)33-21(26-16)18-11-15(24)20(34-18)23(2)12-35(30,31)29(3)22(25)27-23/h5-11H,4,12H2,1-3H3,(H2,25,27). The molecule has 0 amide bonds. The van der Waals surface area contributed by atoms with Crippen molar-refractivity contribution in [3.63, 3.8) is 0 Å². The third kappa shape index (κ3) is 4.13. The molecule has 35 heavy (non-hydrogen) atoms. The summed E-state index contributed by atoms with van der Waals surface area (Å²) in [5.41, 5.74) is 8.14. The lowest BCUT2D eigenvalue weighted by molar-refractivity contribution is 0.422. The third-order valence-electron chi connectivity index (χ3n) is 5.86. The van der Waals surface area contributed by atoms with Crippen LogP contribution in [0.15, 0.2) is 56.6 Å². The lowest BCUT2D eigenvalue weighted by atomic mass is 10.0. The molecule has 0 saturated heterocycles. The van der Waals surface area contributed by atoms with Crippen molar-refractivity contribution in [1.29, 1.82) is 0 Å². The van der Waals surface area contributed by atoms with Gasteiger partial charge in [-0.2, -0.15) is 0 Å². The van der Waals surface area contributed by atoms with Gasteiger partial charge in [0.15, 0.2) is 5.76 Å². The Hall–Kier alpha value is -3.15. The van der Waals surface area contributed by atoms with Gasteiger partial charge in [-0.3, -0.25) is 0 Å². The minimum absolute atomic E-state index is 0.0782. The number of aryl methyl sites for hydroxylation is 1. The fourth-order valence-corrected chi connectivity index (χ4v) is 7.07. The van der Waals surface area contributed by atoms with Crippen molar-refractivity contribution < 1.29 is 17.4 Å². The zero-order valence-electron chi connectivity index (χ0n) is 19.1. The van der Waals surface area contributed by atoms with Crippen LogP contribution in [0.25, 0.3) is 33.3 Å². The first-order valence-corrected chi connectivity index (χ1v) is 13.5. The molecule has 2 N–H and O–H groups in total. The molecule has 1 aliphatic heterocycles. The maximum absolute atomic E-state index is 12.6. The number of sulfonamides is 1. The number of benzene rings is 1. The van der Waals surface area contributed by atoms with Crippen LogP contribution in [0.1, 0.15) is 24.4 Å². The summed E-state index contributed by atoms with van der Waals surface area (Å²) in [4.78, 5) is 10.4. The number of aliphatic imine (C=N–C) groups is 1. The van der Waals surface area contributed by atoms with Gasteiger partial charge in [0.25, 0.3) is 0 Å². The van der Waals surface area contributed by atoms with Gasteiger partial charge in [0, 0.05) is 24.2 Å². The van der Waals surface area contributed by atoms with Gasteiger partial charge in [-0.1, -0.05) is 47.9 Å². The second-order valence-corrected chi connectivity index (χ2v) is 11.8. The summed E-state index contributed by atoms with van der Waals surface area (Å²) in [6.07, 6.45) is 2.20. The average molecular weight is 532 g/mol. The number of hydrogen-bond donors (Lipinski definition) is 1. The van der Waals surface area contributed by atoms with E-state index in [2.05, 4.69) is 10.1 Å². The van der Waals surface area contributed by atoms with Gasteiger partial charge in [-0.05, 0) is 19.4 Å². The predicted octanol–water partition coefficient (Wildman–Crippen LogP) is 4.75. The van der Waals surface area contributed by atoms with Crippen LogP contribution in [0, 0.1) is 0 Å². The van der Waals surface area contributed by atoms with E-state index in [9.17, 15) is 8.42 Å². The van der Waals surface area contributed by atoms with Crippen LogP contribution in [0.4, 0.5) is 0 Å². The molecule has 12 heteroatoms. The highest BCUT2D eigenvalue weighted by atomic mass is 35.5. The Morgan fingerprint density at radius 1 is 1.23 bits per heavy atom. The summed E-state index contributed by atoms with van der Waals surface area (Å²) in [5, 5.41) is 4.35. The largest absolute Gasteiger partial charge is 0.435 e. The smallest absolute Gasteiger partial charge is 0.239 e. The molecule has 9 nitrogen and oxygen atoms in total. The Balaban J connectivity index is 1.51. The molecule has 0 saturated carbocycles. The normalized spacial score (nSPS) is 19.7. The molecular weight excluding hydrogens is 510 g/mol. The zero-order chi connectivity index (χ0) is 25.0. The van der Waals surface area contributed by atoms with Crippen molar-refractivity contribution in [3.05, 3.63) is 58.3 Å². The van der Waals surface area contributed by atoms with Crippen molar-refractivity contribution in [3.8, 4) is 33.3 Å². The van der Waals surface area contributed by atoms with Crippen molar-refractivity contribution in [2.45, 2.75) is 25.8 Å². The molecule has 0 spiro atoms. The lowest BCUT2D eigenvalue weighted by Crippen LogP contribution is -2.50. The van der Waals surface area contributed by atoms with E-state index in [0.717, 1.165) is 26.8 Å². The molecule has 1 unspecified atom stereocenters. The Bertz CT molecular complexity index is 1520. The molecule has 1 aromatic carbocycles. The first-order valence-electron chi connectivity index (χ1n) is 10.7. The van der Waals surface area contributed by atoms with Crippen molar-refractivity contribution >= 4 is 38.9 Å². The SMILES string of the molecule is CCc1nc(-c2cc(Cl)c(C3(C)CS(=O)(=O)N(C)C(N)=N3)s2)oc1-c1ccc(-c2ccon2)cc1. The summed E-state index contributed by atoms with van der Waals surface area (Å²) >= 11 is 7.87. The Morgan fingerprint density at radius 2 is 1.94 bits per heavy atom. The van der Waals surface area contributed by atoms with Crippen LogP contribution >= 0.6 is 22.9 Å². The number of guanidine groups is 1. The molecule has 5 rings (SSSR count). The molecule has 182 valence electrons. The van der Waals surface area contributed by atoms with E-state index < -0.39 is 15.6 Å². The molecular formula is C23H22ClN5O4S2. The molecule has 0 bridgehead atoms. The highest BCUT2D eigenvalue weighted by Gasteiger charge is 2.42. The van der Waals surface area contributed by atoms with E-state index in [1.54, 1.807) is 19.1 Å². The molecule has 3 aromatic heterocycles. The van der Waals surface area contributed by atoms with E-state index in [1.807, 2.05) is 31.2 Å². The van der Waals surface area contributed by atoms with Crippen LogP contribution in [0.3, 0.4) is 0 Å². The highest BCUT2D eigenvalue weighted by Crippen LogP contribution is 2.45. The molecule has 0 fully saturated rings. The van der Waals surface area contributed by atoms with Gasteiger partial charge in [0.05, 0.1) is 26.2 Å². The van der Waals surface area contributed by atoms with E-state index in [-0.39, 0.29) is 11.7 Å². The summed E-state index contributed by atoms with van der Waals surface area (Å²) in [6, 6.07) is 11.3. The minimum atomic E-state index is -3.62.